The van der Waals surface area contributed by atoms with Gasteiger partial charge in [-0.15, -0.1) is 0 Å². The number of hydrogen-bond acceptors (Lipinski definition) is 0. The predicted molar refractivity (Wildman–Crippen MR) is 59.6 cm³/mol. The van der Waals surface area contributed by atoms with Gasteiger partial charge in [0.25, 0.3) is 0 Å². The van der Waals surface area contributed by atoms with Gasteiger partial charge in [0.1, 0.15) is 0 Å². The van der Waals surface area contributed by atoms with Crippen molar-refractivity contribution in [3.8, 4) is 0 Å². The van der Waals surface area contributed by atoms with Crippen molar-refractivity contribution in [3.05, 3.63) is 34.4 Å². The third-order valence-corrected chi connectivity index (χ3v) is 2.54. The van der Waals surface area contributed by atoms with Crippen molar-refractivity contribution in [3.63, 3.8) is 0 Å². The van der Waals surface area contributed by atoms with Crippen molar-refractivity contribution >= 4 is 0 Å². The van der Waals surface area contributed by atoms with Gasteiger partial charge in [0.2, 0.25) is 0 Å². The molecule has 1 aromatic rings. The van der Waals surface area contributed by atoms with Gasteiger partial charge in [-0.25, -0.2) is 0 Å². The summed E-state index contributed by atoms with van der Waals surface area (Å²) >= 11 is 0. The van der Waals surface area contributed by atoms with Crippen LogP contribution in [0.2, 0.25) is 0 Å². The minimum atomic E-state index is -4.28. The Morgan fingerprint density at radius 1 is 0.938 bits per heavy atom. The van der Waals surface area contributed by atoms with E-state index in [0.29, 0.717) is 16.7 Å². The minimum absolute atomic E-state index is 0.394. The normalized spacial score (nSPS) is 13.0. The molecule has 0 aliphatic carbocycles. The van der Waals surface area contributed by atoms with Gasteiger partial charge in [0.05, 0.1) is 5.56 Å². The Hall–Kier alpha value is -0.990. The molecule has 0 nitrogen and oxygen atoms in total. The lowest BCUT2D eigenvalue weighted by molar-refractivity contribution is -0.138. The maximum Gasteiger partial charge on any atom is 0.416 e. The van der Waals surface area contributed by atoms with Gasteiger partial charge >= 0.3 is 6.18 Å². The van der Waals surface area contributed by atoms with Crippen LogP contribution < -0.4 is 0 Å². The van der Waals surface area contributed by atoms with Crippen LogP contribution in [0, 0.1) is 13.8 Å². The highest BCUT2D eigenvalue weighted by molar-refractivity contribution is 5.43. The molecule has 0 bridgehead atoms. The van der Waals surface area contributed by atoms with Crippen molar-refractivity contribution < 1.29 is 13.2 Å². The minimum Gasteiger partial charge on any atom is -0.166 e. The summed E-state index contributed by atoms with van der Waals surface area (Å²) in [6.45, 7) is 8.84. The van der Waals surface area contributed by atoms with Crippen LogP contribution in [0.15, 0.2) is 12.1 Å². The number of aryl methyl sites for hydroxylation is 2. The van der Waals surface area contributed by atoms with E-state index < -0.39 is 17.2 Å². The summed E-state index contributed by atoms with van der Waals surface area (Å²) in [5.74, 6) is 0. The fourth-order valence-electron chi connectivity index (χ4n) is 2.19. The molecule has 0 N–H and O–H groups in total. The molecule has 0 spiro atoms. The highest BCUT2D eigenvalue weighted by atomic mass is 19.4. The van der Waals surface area contributed by atoms with E-state index in [1.807, 2.05) is 0 Å². The first kappa shape index (κ1) is 13.1. The van der Waals surface area contributed by atoms with E-state index in [0.717, 1.165) is 0 Å². The second-order valence-corrected chi connectivity index (χ2v) is 5.25. The molecule has 0 heterocycles. The van der Waals surface area contributed by atoms with E-state index in [-0.39, 0.29) is 0 Å². The third kappa shape index (κ3) is 2.57. The van der Waals surface area contributed by atoms with Gasteiger partial charge in [0.15, 0.2) is 0 Å². The molecule has 0 saturated heterocycles. The molecule has 0 amide bonds. The standard InChI is InChI=1S/C13H17F3/c1-8-6-9(2)11(12(3,4)5)10(7-8)13(14,15)16/h6-7H,1-5H3. The van der Waals surface area contributed by atoms with Crippen LogP contribution in [0.25, 0.3) is 0 Å². The molecule has 1 rings (SSSR count). The summed E-state index contributed by atoms with van der Waals surface area (Å²) < 4.78 is 38.8. The Bertz CT molecular complexity index is 395. The summed E-state index contributed by atoms with van der Waals surface area (Å²) in [4.78, 5) is 0. The van der Waals surface area contributed by atoms with Crippen molar-refractivity contribution in [1.29, 1.82) is 0 Å². The zero-order valence-corrected chi connectivity index (χ0v) is 10.3. The molecule has 0 saturated carbocycles. The van der Waals surface area contributed by atoms with E-state index in [2.05, 4.69) is 0 Å². The van der Waals surface area contributed by atoms with E-state index >= 15 is 0 Å². The van der Waals surface area contributed by atoms with Gasteiger partial charge in [-0.05, 0) is 36.5 Å². The van der Waals surface area contributed by atoms with E-state index in [9.17, 15) is 13.2 Å². The average molecular weight is 230 g/mol. The quantitative estimate of drug-likeness (QED) is 0.610. The Labute approximate surface area is 94.5 Å². The molecule has 0 aliphatic heterocycles. The zero-order valence-electron chi connectivity index (χ0n) is 10.3. The number of alkyl halides is 3. The van der Waals surface area contributed by atoms with Crippen LogP contribution in [-0.4, -0.2) is 0 Å². The average Bonchev–Trinajstić information content (AvgIpc) is 1.97. The Morgan fingerprint density at radius 2 is 1.44 bits per heavy atom. The highest BCUT2D eigenvalue weighted by Gasteiger charge is 2.37. The van der Waals surface area contributed by atoms with Crippen LogP contribution in [0.1, 0.15) is 43.0 Å². The topological polar surface area (TPSA) is 0 Å². The molecule has 1 aromatic carbocycles. The second kappa shape index (κ2) is 3.79. The Balaban J connectivity index is 3.58. The SMILES string of the molecule is Cc1cc(C)c(C(C)(C)C)c(C(F)(F)F)c1. The first-order valence-corrected chi connectivity index (χ1v) is 5.22. The molecule has 0 aromatic heterocycles. The van der Waals surface area contributed by atoms with Gasteiger partial charge in [-0.3, -0.25) is 0 Å². The molecular weight excluding hydrogens is 213 g/mol. The molecule has 0 fully saturated rings. The second-order valence-electron chi connectivity index (χ2n) is 5.25. The first-order chi connectivity index (χ1) is 7.03. The lowest BCUT2D eigenvalue weighted by Crippen LogP contribution is -2.21. The molecule has 3 heteroatoms. The van der Waals surface area contributed by atoms with Crippen LogP contribution in [-0.2, 0) is 11.6 Å². The number of halogens is 3. The van der Waals surface area contributed by atoms with Crippen molar-refractivity contribution in [2.24, 2.45) is 0 Å². The largest absolute Gasteiger partial charge is 0.416 e. The smallest absolute Gasteiger partial charge is 0.166 e. The molecular formula is C13H17F3. The maximum absolute atomic E-state index is 12.9. The van der Waals surface area contributed by atoms with Crippen LogP contribution in [0.3, 0.4) is 0 Å². The van der Waals surface area contributed by atoms with Crippen molar-refractivity contribution in [2.45, 2.75) is 46.2 Å². The number of hydrogen-bond donors (Lipinski definition) is 0. The molecule has 0 radical (unpaired) electrons. The van der Waals surface area contributed by atoms with Gasteiger partial charge in [-0.1, -0.05) is 32.4 Å². The van der Waals surface area contributed by atoms with Crippen LogP contribution in [0.4, 0.5) is 13.2 Å². The molecule has 90 valence electrons. The Morgan fingerprint density at radius 3 is 1.81 bits per heavy atom. The lowest BCUT2D eigenvalue weighted by atomic mass is 9.80. The van der Waals surface area contributed by atoms with Gasteiger partial charge < -0.3 is 0 Å². The molecule has 0 unspecified atom stereocenters. The molecule has 0 aliphatic rings. The third-order valence-electron chi connectivity index (χ3n) is 2.54. The summed E-state index contributed by atoms with van der Waals surface area (Å²) in [5.41, 5.74) is 0.753. The molecule has 16 heavy (non-hydrogen) atoms. The highest BCUT2D eigenvalue weighted by Crippen LogP contribution is 2.39. The van der Waals surface area contributed by atoms with Gasteiger partial charge in [0, 0.05) is 0 Å². The van der Waals surface area contributed by atoms with E-state index in [1.165, 1.54) is 6.07 Å². The monoisotopic (exact) mass is 230 g/mol. The summed E-state index contributed by atoms with van der Waals surface area (Å²) in [7, 11) is 0. The number of rotatable bonds is 0. The number of benzene rings is 1. The maximum atomic E-state index is 12.9. The lowest BCUT2D eigenvalue weighted by Gasteiger charge is -2.27. The van der Waals surface area contributed by atoms with E-state index in [4.69, 9.17) is 0 Å². The van der Waals surface area contributed by atoms with E-state index in [1.54, 1.807) is 40.7 Å². The summed E-state index contributed by atoms with van der Waals surface area (Å²) in [6.07, 6.45) is -4.28. The van der Waals surface area contributed by atoms with Crippen molar-refractivity contribution in [2.75, 3.05) is 0 Å². The first-order valence-electron chi connectivity index (χ1n) is 5.22. The summed E-state index contributed by atoms with van der Waals surface area (Å²) in [6, 6.07) is 3.03. The van der Waals surface area contributed by atoms with Crippen LogP contribution >= 0.6 is 0 Å². The predicted octanol–water partition coefficient (Wildman–Crippen LogP) is 4.62. The van der Waals surface area contributed by atoms with Gasteiger partial charge in [-0.2, -0.15) is 13.2 Å². The van der Waals surface area contributed by atoms with Crippen molar-refractivity contribution in [1.82, 2.24) is 0 Å². The Kier molecular flexibility index (Phi) is 3.10. The van der Waals surface area contributed by atoms with Crippen LogP contribution in [0.5, 0.6) is 0 Å². The summed E-state index contributed by atoms with van der Waals surface area (Å²) in [5, 5.41) is 0. The fourth-order valence-corrected chi connectivity index (χ4v) is 2.19. The molecule has 0 atom stereocenters. The fraction of sp³-hybridized carbons (Fsp3) is 0.538. The zero-order chi connectivity index (χ0) is 12.7.